The number of benzene rings is 1. The van der Waals surface area contributed by atoms with Crippen LogP contribution in [-0.4, -0.2) is 29.8 Å². The van der Waals surface area contributed by atoms with Crippen LogP contribution in [0.1, 0.15) is 55.3 Å². The number of carbonyl (C=O) groups is 2. The normalized spacial score (nSPS) is 16.1. The third-order valence-electron chi connectivity index (χ3n) is 5.10. The molecule has 1 N–H and O–H groups in total. The van der Waals surface area contributed by atoms with Crippen molar-refractivity contribution in [2.75, 3.05) is 18.4 Å². The molecule has 2 aromatic rings. The van der Waals surface area contributed by atoms with Crippen LogP contribution >= 0.6 is 11.3 Å². The van der Waals surface area contributed by atoms with Gasteiger partial charge < -0.3 is 10.2 Å². The van der Waals surface area contributed by atoms with Gasteiger partial charge in [-0.05, 0) is 62.3 Å². The highest BCUT2D eigenvalue weighted by Crippen LogP contribution is 2.31. The summed E-state index contributed by atoms with van der Waals surface area (Å²) in [7, 11) is 0. The molecule has 5 heteroatoms. The second-order valence-electron chi connectivity index (χ2n) is 6.86. The van der Waals surface area contributed by atoms with Crippen molar-refractivity contribution in [3.8, 4) is 0 Å². The maximum Gasteiger partial charge on any atom is 0.265 e. The first kappa shape index (κ1) is 16.3. The molecule has 1 aromatic heterocycles. The van der Waals surface area contributed by atoms with Crippen LogP contribution < -0.4 is 5.32 Å². The minimum atomic E-state index is -0.111. The largest absolute Gasteiger partial charge is 0.339 e. The first-order chi connectivity index (χ1) is 12.1. The predicted molar refractivity (Wildman–Crippen MR) is 101 cm³/mol. The van der Waals surface area contributed by atoms with Gasteiger partial charge in [0.2, 0.25) is 0 Å². The van der Waals surface area contributed by atoms with Gasteiger partial charge in [-0.3, -0.25) is 9.59 Å². The number of nitrogens with zero attached hydrogens (tertiary/aromatic N) is 1. The highest BCUT2D eigenvalue weighted by Gasteiger charge is 2.25. The van der Waals surface area contributed by atoms with E-state index in [1.165, 1.54) is 16.9 Å². The highest BCUT2D eigenvalue weighted by molar-refractivity contribution is 7.14. The van der Waals surface area contributed by atoms with Gasteiger partial charge in [-0.1, -0.05) is 12.1 Å². The zero-order chi connectivity index (χ0) is 17.4. The fourth-order valence-electron chi connectivity index (χ4n) is 3.76. The SMILES string of the molecule is Cc1cccc(NC(=O)c2cc3c(s2)CCC3)c1C(=O)N1CCCC1. The van der Waals surface area contributed by atoms with E-state index in [0.29, 0.717) is 11.3 Å². The molecule has 0 bridgehead atoms. The van der Waals surface area contributed by atoms with Gasteiger partial charge in [-0.2, -0.15) is 0 Å². The Morgan fingerprint density at radius 1 is 1.12 bits per heavy atom. The monoisotopic (exact) mass is 354 g/mol. The van der Waals surface area contributed by atoms with Crippen molar-refractivity contribution in [3.63, 3.8) is 0 Å². The summed E-state index contributed by atoms with van der Waals surface area (Å²) < 4.78 is 0. The average molecular weight is 354 g/mol. The fourth-order valence-corrected chi connectivity index (χ4v) is 4.91. The molecule has 2 aliphatic rings. The Morgan fingerprint density at radius 2 is 1.92 bits per heavy atom. The fraction of sp³-hybridized carbons (Fsp3) is 0.400. The Morgan fingerprint density at radius 3 is 2.68 bits per heavy atom. The number of amides is 2. The van der Waals surface area contributed by atoms with Crippen LogP contribution in [-0.2, 0) is 12.8 Å². The van der Waals surface area contributed by atoms with E-state index < -0.39 is 0 Å². The summed E-state index contributed by atoms with van der Waals surface area (Å²) in [6.45, 7) is 3.54. The highest BCUT2D eigenvalue weighted by atomic mass is 32.1. The van der Waals surface area contributed by atoms with Crippen LogP contribution in [0.5, 0.6) is 0 Å². The minimum Gasteiger partial charge on any atom is -0.339 e. The molecule has 0 unspecified atom stereocenters. The lowest BCUT2D eigenvalue weighted by molar-refractivity contribution is 0.0793. The van der Waals surface area contributed by atoms with Crippen molar-refractivity contribution in [3.05, 3.63) is 50.7 Å². The van der Waals surface area contributed by atoms with Crippen molar-refractivity contribution < 1.29 is 9.59 Å². The lowest BCUT2D eigenvalue weighted by Crippen LogP contribution is -2.29. The van der Waals surface area contributed by atoms with Crippen LogP contribution in [0.4, 0.5) is 5.69 Å². The lowest BCUT2D eigenvalue weighted by atomic mass is 10.0. The van der Waals surface area contributed by atoms with Gasteiger partial charge in [0.1, 0.15) is 0 Å². The smallest absolute Gasteiger partial charge is 0.265 e. The van der Waals surface area contributed by atoms with Crippen LogP contribution in [0.15, 0.2) is 24.3 Å². The van der Waals surface area contributed by atoms with E-state index in [0.717, 1.165) is 49.2 Å². The van der Waals surface area contributed by atoms with Crippen LogP contribution in [0, 0.1) is 6.92 Å². The third kappa shape index (κ3) is 3.09. The predicted octanol–water partition coefficient (Wildman–Crippen LogP) is 4.03. The maximum atomic E-state index is 12.9. The van der Waals surface area contributed by atoms with Gasteiger partial charge in [0.05, 0.1) is 16.1 Å². The van der Waals surface area contributed by atoms with Gasteiger partial charge in [0.25, 0.3) is 11.8 Å². The van der Waals surface area contributed by atoms with Crippen molar-refractivity contribution >= 4 is 28.8 Å². The Balaban J connectivity index is 1.60. The molecule has 1 aliphatic carbocycles. The van der Waals surface area contributed by atoms with Gasteiger partial charge in [0.15, 0.2) is 0 Å². The van der Waals surface area contributed by atoms with Crippen molar-refractivity contribution in [2.45, 2.75) is 39.0 Å². The molecule has 4 rings (SSSR count). The molecule has 2 heterocycles. The lowest BCUT2D eigenvalue weighted by Gasteiger charge is -2.19. The van der Waals surface area contributed by atoms with E-state index in [-0.39, 0.29) is 11.8 Å². The summed E-state index contributed by atoms with van der Waals surface area (Å²) in [5.74, 6) is -0.0833. The average Bonchev–Trinajstić information content (AvgIpc) is 3.31. The molecule has 0 atom stereocenters. The standard InChI is InChI=1S/C20H22N2O2S/c1-13-6-4-8-15(18(13)20(24)22-10-2-3-11-22)21-19(23)17-12-14-7-5-9-16(14)25-17/h4,6,8,12H,2-3,5,7,9-11H2,1H3,(H,21,23). The molecule has 2 amide bonds. The van der Waals surface area contributed by atoms with Crippen LogP contribution in [0.3, 0.4) is 0 Å². The Hall–Kier alpha value is -2.14. The van der Waals surface area contributed by atoms with Crippen molar-refractivity contribution in [2.24, 2.45) is 0 Å². The number of nitrogens with one attached hydrogen (secondary N) is 1. The minimum absolute atomic E-state index is 0.0274. The molecule has 0 spiro atoms. The number of thiophene rings is 1. The molecule has 1 saturated heterocycles. The Bertz CT molecular complexity index is 813. The molecule has 4 nitrogen and oxygen atoms in total. The first-order valence-electron chi connectivity index (χ1n) is 8.95. The molecule has 0 saturated carbocycles. The van der Waals surface area contributed by atoms with Gasteiger partial charge in [-0.15, -0.1) is 11.3 Å². The summed E-state index contributed by atoms with van der Waals surface area (Å²) >= 11 is 1.59. The van der Waals surface area contributed by atoms with Gasteiger partial charge in [0, 0.05) is 18.0 Å². The molecule has 130 valence electrons. The Kier molecular flexibility index (Phi) is 4.34. The molecule has 1 aliphatic heterocycles. The summed E-state index contributed by atoms with van der Waals surface area (Å²) in [4.78, 5) is 29.6. The topological polar surface area (TPSA) is 49.4 Å². The van der Waals surface area contributed by atoms with E-state index in [1.54, 1.807) is 11.3 Å². The molecular weight excluding hydrogens is 332 g/mol. The Labute approximate surface area is 151 Å². The maximum absolute atomic E-state index is 12.9. The zero-order valence-electron chi connectivity index (χ0n) is 14.4. The van der Waals surface area contributed by atoms with E-state index in [2.05, 4.69) is 5.32 Å². The van der Waals surface area contributed by atoms with E-state index in [9.17, 15) is 9.59 Å². The number of rotatable bonds is 3. The number of hydrogen-bond acceptors (Lipinski definition) is 3. The summed E-state index contributed by atoms with van der Waals surface area (Å²) in [5.41, 5.74) is 3.47. The summed E-state index contributed by atoms with van der Waals surface area (Å²) in [5, 5.41) is 2.98. The molecule has 25 heavy (non-hydrogen) atoms. The first-order valence-corrected chi connectivity index (χ1v) is 9.77. The van der Waals surface area contributed by atoms with E-state index >= 15 is 0 Å². The van der Waals surface area contributed by atoms with Gasteiger partial charge in [-0.25, -0.2) is 0 Å². The third-order valence-corrected chi connectivity index (χ3v) is 6.33. The number of aryl methyl sites for hydroxylation is 3. The second kappa shape index (κ2) is 6.64. The second-order valence-corrected chi connectivity index (χ2v) is 8.00. The number of carbonyl (C=O) groups excluding carboxylic acids is 2. The van der Waals surface area contributed by atoms with Crippen molar-refractivity contribution in [1.29, 1.82) is 0 Å². The molecule has 0 radical (unpaired) electrons. The molecule has 1 fully saturated rings. The van der Waals surface area contributed by atoms with Crippen LogP contribution in [0.2, 0.25) is 0 Å². The number of hydrogen-bond donors (Lipinski definition) is 1. The summed E-state index contributed by atoms with van der Waals surface area (Å²) in [6, 6.07) is 7.66. The molecule has 1 aromatic carbocycles. The number of likely N-dealkylation sites (tertiary alicyclic amines) is 1. The van der Waals surface area contributed by atoms with Gasteiger partial charge >= 0.3 is 0 Å². The number of anilines is 1. The van der Waals surface area contributed by atoms with Crippen LogP contribution in [0.25, 0.3) is 0 Å². The number of fused-ring (bicyclic) bond motifs is 1. The van der Waals surface area contributed by atoms with E-state index in [4.69, 9.17) is 0 Å². The summed E-state index contributed by atoms with van der Waals surface area (Å²) in [6.07, 6.45) is 5.45. The quantitative estimate of drug-likeness (QED) is 0.904. The molecular formula is C20H22N2O2S. The van der Waals surface area contributed by atoms with E-state index in [1.807, 2.05) is 36.1 Å². The zero-order valence-corrected chi connectivity index (χ0v) is 15.2. The van der Waals surface area contributed by atoms with Crippen molar-refractivity contribution in [1.82, 2.24) is 4.90 Å².